The summed E-state index contributed by atoms with van der Waals surface area (Å²) in [5.41, 5.74) is 1.13. The maximum atomic E-state index is 5.02. The number of rotatable bonds is 4. The van der Waals surface area contributed by atoms with Crippen molar-refractivity contribution >= 4 is 16.9 Å². The van der Waals surface area contributed by atoms with Crippen LogP contribution in [-0.4, -0.2) is 29.1 Å². The molecule has 1 aliphatic rings. The van der Waals surface area contributed by atoms with Gasteiger partial charge in [-0.3, -0.25) is 4.99 Å². The number of hydrogen-bond acceptors (Lipinski definition) is 5. The smallest absolute Gasteiger partial charge is 0.212 e. The molecule has 0 fully saturated rings. The second-order valence-electron chi connectivity index (χ2n) is 3.86. The highest BCUT2D eigenvalue weighted by Gasteiger charge is 2.16. The van der Waals surface area contributed by atoms with Crippen molar-refractivity contribution in [3.8, 4) is 5.88 Å². The molecule has 0 saturated heterocycles. The molecule has 1 aromatic rings. The number of pyridine rings is 1. The van der Waals surface area contributed by atoms with E-state index in [2.05, 4.69) is 22.2 Å². The van der Waals surface area contributed by atoms with Gasteiger partial charge in [0, 0.05) is 24.1 Å². The second kappa shape index (κ2) is 5.91. The summed E-state index contributed by atoms with van der Waals surface area (Å²) in [5.74, 6) is 0.646. The Morgan fingerprint density at radius 2 is 2.41 bits per heavy atom. The number of aliphatic imine (C=N–C) groups is 1. The molecular formula is C12H17N3OS. The van der Waals surface area contributed by atoms with Gasteiger partial charge in [0.2, 0.25) is 5.88 Å². The molecule has 92 valence electrons. The van der Waals surface area contributed by atoms with Gasteiger partial charge in [-0.25, -0.2) is 4.98 Å². The van der Waals surface area contributed by atoms with Gasteiger partial charge in [0.25, 0.3) is 0 Å². The number of thioether (sulfide) groups is 1. The van der Waals surface area contributed by atoms with Crippen LogP contribution in [0.1, 0.15) is 18.9 Å². The van der Waals surface area contributed by atoms with E-state index in [1.807, 2.05) is 30.1 Å². The largest absolute Gasteiger partial charge is 0.481 e. The summed E-state index contributed by atoms with van der Waals surface area (Å²) in [6.45, 7) is 3.90. The molecule has 0 aliphatic carbocycles. The van der Waals surface area contributed by atoms with E-state index in [0.717, 1.165) is 23.8 Å². The van der Waals surface area contributed by atoms with Gasteiger partial charge in [-0.2, -0.15) is 0 Å². The van der Waals surface area contributed by atoms with E-state index in [1.54, 1.807) is 7.11 Å². The zero-order valence-electron chi connectivity index (χ0n) is 10.1. The van der Waals surface area contributed by atoms with Crippen LogP contribution < -0.4 is 10.1 Å². The number of nitrogens with one attached hydrogen (secondary N) is 1. The molecule has 1 atom stereocenters. The summed E-state index contributed by atoms with van der Waals surface area (Å²) in [7, 11) is 1.62. The monoisotopic (exact) mass is 251 g/mol. The fraction of sp³-hybridized carbons (Fsp3) is 0.500. The lowest BCUT2D eigenvalue weighted by Gasteiger charge is -2.07. The zero-order valence-corrected chi connectivity index (χ0v) is 11.0. The van der Waals surface area contributed by atoms with Crippen LogP contribution >= 0.6 is 11.8 Å². The Labute approximate surface area is 106 Å². The summed E-state index contributed by atoms with van der Waals surface area (Å²) in [4.78, 5) is 8.62. The van der Waals surface area contributed by atoms with Crippen LogP contribution in [0.5, 0.6) is 5.88 Å². The molecule has 4 nitrogen and oxygen atoms in total. The Morgan fingerprint density at radius 3 is 3.00 bits per heavy atom. The van der Waals surface area contributed by atoms with Crippen molar-refractivity contribution in [2.24, 2.45) is 4.99 Å². The molecule has 0 aromatic carbocycles. The highest BCUT2D eigenvalue weighted by molar-refractivity contribution is 8.14. The first-order valence-electron chi connectivity index (χ1n) is 5.75. The van der Waals surface area contributed by atoms with Crippen LogP contribution in [0.2, 0.25) is 0 Å². The number of methoxy groups -OCH3 is 1. The third-order valence-corrected chi connectivity index (χ3v) is 3.94. The average molecular weight is 251 g/mol. The SMILES string of the molecule is CCC1CN=C(NCc2ccc(OC)nc2)S1. The maximum absolute atomic E-state index is 5.02. The molecule has 1 unspecified atom stereocenters. The fourth-order valence-electron chi connectivity index (χ4n) is 1.54. The van der Waals surface area contributed by atoms with Gasteiger partial charge in [-0.1, -0.05) is 24.8 Å². The summed E-state index contributed by atoms with van der Waals surface area (Å²) >= 11 is 1.83. The summed E-state index contributed by atoms with van der Waals surface area (Å²) in [5, 5.41) is 5.03. The average Bonchev–Trinajstić information content (AvgIpc) is 2.85. The summed E-state index contributed by atoms with van der Waals surface area (Å²) in [6, 6.07) is 3.88. The molecule has 2 heterocycles. The predicted octanol–water partition coefficient (Wildman–Crippen LogP) is 2.06. The summed E-state index contributed by atoms with van der Waals surface area (Å²) in [6.07, 6.45) is 2.99. The van der Waals surface area contributed by atoms with E-state index in [0.29, 0.717) is 11.1 Å². The van der Waals surface area contributed by atoms with E-state index in [-0.39, 0.29) is 0 Å². The number of nitrogens with zero attached hydrogens (tertiary/aromatic N) is 2. The third kappa shape index (κ3) is 3.36. The Bertz CT molecular complexity index is 391. The zero-order chi connectivity index (χ0) is 12.1. The van der Waals surface area contributed by atoms with Gasteiger partial charge < -0.3 is 10.1 Å². The minimum atomic E-state index is 0.645. The number of hydrogen-bond donors (Lipinski definition) is 1. The molecule has 17 heavy (non-hydrogen) atoms. The van der Waals surface area contributed by atoms with E-state index in [1.165, 1.54) is 6.42 Å². The summed E-state index contributed by atoms with van der Waals surface area (Å²) < 4.78 is 5.02. The quantitative estimate of drug-likeness (QED) is 0.890. The molecule has 0 radical (unpaired) electrons. The molecule has 1 N–H and O–H groups in total. The molecule has 1 aliphatic heterocycles. The maximum Gasteiger partial charge on any atom is 0.212 e. The van der Waals surface area contributed by atoms with Crippen molar-refractivity contribution in [1.29, 1.82) is 0 Å². The van der Waals surface area contributed by atoms with Crippen LogP contribution in [0.3, 0.4) is 0 Å². The van der Waals surface area contributed by atoms with Crippen molar-refractivity contribution < 1.29 is 4.74 Å². The van der Waals surface area contributed by atoms with Crippen LogP contribution in [0, 0.1) is 0 Å². The van der Waals surface area contributed by atoms with Crippen molar-refractivity contribution in [2.45, 2.75) is 25.1 Å². The lowest BCUT2D eigenvalue weighted by Crippen LogP contribution is -2.18. The first kappa shape index (κ1) is 12.2. The van der Waals surface area contributed by atoms with Crippen LogP contribution in [-0.2, 0) is 6.54 Å². The van der Waals surface area contributed by atoms with Crippen LogP contribution in [0.15, 0.2) is 23.3 Å². The molecule has 0 spiro atoms. The van der Waals surface area contributed by atoms with Gasteiger partial charge in [0.15, 0.2) is 5.17 Å². The molecule has 5 heteroatoms. The molecule has 0 bridgehead atoms. The molecule has 0 amide bonds. The van der Waals surface area contributed by atoms with Crippen molar-refractivity contribution in [3.05, 3.63) is 23.9 Å². The van der Waals surface area contributed by atoms with Crippen molar-refractivity contribution in [1.82, 2.24) is 10.3 Å². The van der Waals surface area contributed by atoms with Gasteiger partial charge >= 0.3 is 0 Å². The number of amidine groups is 1. The predicted molar refractivity (Wildman–Crippen MR) is 71.6 cm³/mol. The highest BCUT2D eigenvalue weighted by atomic mass is 32.2. The van der Waals surface area contributed by atoms with E-state index in [4.69, 9.17) is 4.74 Å². The second-order valence-corrected chi connectivity index (χ2v) is 5.15. The molecular weight excluding hydrogens is 234 g/mol. The number of ether oxygens (including phenoxy) is 1. The first-order valence-corrected chi connectivity index (χ1v) is 6.63. The number of aromatic nitrogens is 1. The van der Waals surface area contributed by atoms with Gasteiger partial charge in [0.05, 0.1) is 13.7 Å². The topological polar surface area (TPSA) is 46.5 Å². The van der Waals surface area contributed by atoms with Crippen LogP contribution in [0.25, 0.3) is 0 Å². The Morgan fingerprint density at radius 1 is 1.53 bits per heavy atom. The molecule has 1 aromatic heterocycles. The first-order chi connectivity index (χ1) is 8.31. The Kier molecular flexibility index (Phi) is 4.25. The molecule has 2 rings (SSSR count). The van der Waals surface area contributed by atoms with E-state index in [9.17, 15) is 0 Å². The van der Waals surface area contributed by atoms with Gasteiger partial charge in [-0.15, -0.1) is 0 Å². The normalized spacial score (nSPS) is 18.9. The third-order valence-electron chi connectivity index (χ3n) is 2.62. The minimum Gasteiger partial charge on any atom is -0.481 e. The van der Waals surface area contributed by atoms with Gasteiger partial charge in [0.1, 0.15) is 0 Å². The van der Waals surface area contributed by atoms with Crippen molar-refractivity contribution in [3.63, 3.8) is 0 Å². The lowest BCUT2D eigenvalue weighted by molar-refractivity contribution is 0.397. The minimum absolute atomic E-state index is 0.645. The highest BCUT2D eigenvalue weighted by Crippen LogP contribution is 2.22. The van der Waals surface area contributed by atoms with E-state index < -0.39 is 0 Å². The van der Waals surface area contributed by atoms with Gasteiger partial charge in [-0.05, 0) is 12.0 Å². The Hall–Kier alpha value is -1.23. The molecule has 0 saturated carbocycles. The van der Waals surface area contributed by atoms with Crippen molar-refractivity contribution in [2.75, 3.05) is 13.7 Å². The lowest BCUT2D eigenvalue weighted by atomic mass is 10.3. The van der Waals surface area contributed by atoms with Crippen LogP contribution in [0.4, 0.5) is 0 Å². The fourth-order valence-corrected chi connectivity index (χ4v) is 2.48. The standard InChI is InChI=1S/C12H17N3OS/c1-3-10-8-15-12(17-10)14-7-9-4-5-11(16-2)13-6-9/h4-6,10H,3,7-8H2,1-2H3,(H,14,15). The Balaban J connectivity index is 1.82. The van der Waals surface area contributed by atoms with E-state index >= 15 is 0 Å².